The van der Waals surface area contributed by atoms with Crippen molar-refractivity contribution in [1.82, 2.24) is 4.90 Å². The number of rotatable bonds is 7. The zero-order valence-corrected chi connectivity index (χ0v) is 12.2. The van der Waals surface area contributed by atoms with Gasteiger partial charge in [0.1, 0.15) is 0 Å². The minimum Gasteiger partial charge on any atom is -0.383 e. The summed E-state index contributed by atoms with van der Waals surface area (Å²) in [7, 11) is 1.80. The number of nitrogens with two attached hydrogens (primary N) is 1. The summed E-state index contributed by atoms with van der Waals surface area (Å²) in [4.78, 5) is 2.71. The van der Waals surface area contributed by atoms with Crippen molar-refractivity contribution >= 4 is 0 Å². The summed E-state index contributed by atoms with van der Waals surface area (Å²) in [6.45, 7) is 5.06. The number of nitrogens with zero attached hydrogens (tertiary/aromatic N) is 1. The van der Waals surface area contributed by atoms with E-state index in [1.165, 1.54) is 44.9 Å². The van der Waals surface area contributed by atoms with Gasteiger partial charge >= 0.3 is 0 Å². The molecule has 2 rings (SSSR count). The van der Waals surface area contributed by atoms with Crippen molar-refractivity contribution in [3.63, 3.8) is 0 Å². The van der Waals surface area contributed by atoms with E-state index >= 15 is 0 Å². The molecule has 0 aromatic carbocycles. The van der Waals surface area contributed by atoms with Crippen LogP contribution in [0.5, 0.6) is 0 Å². The van der Waals surface area contributed by atoms with Crippen molar-refractivity contribution in [2.24, 2.45) is 11.7 Å². The fourth-order valence-corrected chi connectivity index (χ4v) is 3.76. The van der Waals surface area contributed by atoms with Gasteiger partial charge in [0.25, 0.3) is 0 Å². The predicted octanol–water partition coefficient (Wildman–Crippen LogP) is 2.39. The van der Waals surface area contributed by atoms with E-state index in [1.54, 1.807) is 7.11 Å². The highest BCUT2D eigenvalue weighted by atomic mass is 16.5. The van der Waals surface area contributed by atoms with Gasteiger partial charge < -0.3 is 10.5 Å². The maximum absolute atomic E-state index is 6.21. The number of hydrogen-bond donors (Lipinski definition) is 1. The lowest BCUT2D eigenvalue weighted by Crippen LogP contribution is -2.58. The smallest absolute Gasteiger partial charge is 0.0590 e. The van der Waals surface area contributed by atoms with Crippen LogP contribution < -0.4 is 5.73 Å². The van der Waals surface area contributed by atoms with Crippen LogP contribution in [-0.4, -0.2) is 43.3 Å². The second-order valence-corrected chi connectivity index (χ2v) is 6.22. The lowest BCUT2D eigenvalue weighted by atomic mass is 9.73. The molecule has 18 heavy (non-hydrogen) atoms. The normalized spacial score (nSPS) is 33.0. The summed E-state index contributed by atoms with van der Waals surface area (Å²) >= 11 is 0. The van der Waals surface area contributed by atoms with Crippen molar-refractivity contribution in [3.05, 3.63) is 0 Å². The van der Waals surface area contributed by atoms with Crippen molar-refractivity contribution in [3.8, 4) is 0 Å². The van der Waals surface area contributed by atoms with Crippen molar-refractivity contribution < 1.29 is 4.74 Å². The zero-order chi connectivity index (χ0) is 13.0. The molecule has 0 aromatic rings. The van der Waals surface area contributed by atoms with Gasteiger partial charge in [-0.2, -0.15) is 0 Å². The average molecular weight is 254 g/mol. The Labute approximate surface area is 112 Å². The number of methoxy groups -OCH3 is 1. The van der Waals surface area contributed by atoms with E-state index in [4.69, 9.17) is 10.5 Å². The van der Waals surface area contributed by atoms with Crippen LogP contribution in [0.2, 0.25) is 0 Å². The third-order valence-electron chi connectivity index (χ3n) is 5.01. The highest BCUT2D eigenvalue weighted by Gasteiger charge is 2.45. The van der Waals surface area contributed by atoms with Crippen LogP contribution in [0.3, 0.4) is 0 Å². The summed E-state index contributed by atoms with van der Waals surface area (Å²) in [5.74, 6) is 0.881. The van der Waals surface area contributed by atoms with Gasteiger partial charge in [0.15, 0.2) is 0 Å². The van der Waals surface area contributed by atoms with Crippen LogP contribution in [0.15, 0.2) is 0 Å². The van der Waals surface area contributed by atoms with Gasteiger partial charge in [-0.1, -0.05) is 26.2 Å². The lowest BCUT2D eigenvalue weighted by molar-refractivity contribution is 0.0100. The van der Waals surface area contributed by atoms with Crippen LogP contribution in [0.4, 0.5) is 0 Å². The Balaban J connectivity index is 2.06. The largest absolute Gasteiger partial charge is 0.383 e. The Morgan fingerprint density at radius 1 is 1.33 bits per heavy atom. The molecular formula is C15H30N2O. The molecule has 2 fully saturated rings. The molecule has 2 N–H and O–H groups in total. The summed E-state index contributed by atoms with van der Waals surface area (Å²) in [6.07, 6.45) is 9.39. The van der Waals surface area contributed by atoms with Crippen LogP contribution in [0.25, 0.3) is 0 Å². The van der Waals surface area contributed by atoms with E-state index in [2.05, 4.69) is 11.8 Å². The SMILES string of the molecule is CCC1CCCC(CN)(N(CCOC)C2CC2)C1. The number of ether oxygens (including phenoxy) is 1. The first-order chi connectivity index (χ1) is 8.75. The Morgan fingerprint density at radius 2 is 2.11 bits per heavy atom. The van der Waals surface area contributed by atoms with E-state index in [1.807, 2.05) is 0 Å². The summed E-state index contributed by atoms with van der Waals surface area (Å²) in [6, 6.07) is 0.791. The van der Waals surface area contributed by atoms with E-state index in [0.717, 1.165) is 31.7 Å². The van der Waals surface area contributed by atoms with Crippen molar-refractivity contribution in [1.29, 1.82) is 0 Å². The summed E-state index contributed by atoms with van der Waals surface area (Å²) in [5, 5.41) is 0. The molecular weight excluding hydrogens is 224 g/mol. The fraction of sp³-hybridized carbons (Fsp3) is 1.00. The summed E-state index contributed by atoms with van der Waals surface area (Å²) in [5.41, 5.74) is 6.49. The fourth-order valence-electron chi connectivity index (χ4n) is 3.76. The van der Waals surface area contributed by atoms with Gasteiger partial charge in [-0.3, -0.25) is 4.90 Å². The first-order valence-electron chi connectivity index (χ1n) is 7.71. The highest BCUT2D eigenvalue weighted by Crippen LogP contribution is 2.42. The second-order valence-electron chi connectivity index (χ2n) is 6.22. The van der Waals surface area contributed by atoms with E-state index < -0.39 is 0 Å². The number of hydrogen-bond acceptors (Lipinski definition) is 3. The van der Waals surface area contributed by atoms with E-state index in [-0.39, 0.29) is 5.54 Å². The van der Waals surface area contributed by atoms with Gasteiger partial charge in [0.05, 0.1) is 6.61 Å². The molecule has 0 heterocycles. The average Bonchev–Trinajstić information content (AvgIpc) is 3.24. The van der Waals surface area contributed by atoms with Crippen molar-refractivity contribution in [2.45, 2.75) is 63.5 Å². The maximum Gasteiger partial charge on any atom is 0.0590 e. The molecule has 0 bridgehead atoms. The Morgan fingerprint density at radius 3 is 2.67 bits per heavy atom. The third kappa shape index (κ3) is 3.06. The minimum atomic E-state index is 0.276. The Kier molecular flexibility index (Phi) is 5.05. The second kappa shape index (κ2) is 6.36. The molecule has 2 saturated carbocycles. The highest BCUT2D eigenvalue weighted by molar-refractivity contribution is 5.02. The third-order valence-corrected chi connectivity index (χ3v) is 5.01. The van der Waals surface area contributed by atoms with Gasteiger partial charge in [0, 0.05) is 31.8 Å². The van der Waals surface area contributed by atoms with Crippen molar-refractivity contribution in [2.75, 3.05) is 26.8 Å². The molecule has 2 aliphatic rings. The molecule has 0 amide bonds. The van der Waals surface area contributed by atoms with Gasteiger partial charge in [-0.25, -0.2) is 0 Å². The first-order valence-corrected chi connectivity index (χ1v) is 7.71. The van der Waals surface area contributed by atoms with Crippen LogP contribution in [0, 0.1) is 5.92 Å². The molecule has 2 atom stereocenters. The van der Waals surface area contributed by atoms with Gasteiger partial charge in [0.2, 0.25) is 0 Å². The van der Waals surface area contributed by atoms with Crippen LogP contribution >= 0.6 is 0 Å². The van der Waals surface area contributed by atoms with E-state index in [9.17, 15) is 0 Å². The molecule has 106 valence electrons. The standard InChI is InChI=1S/C15H30N2O/c1-3-13-5-4-8-15(11-13,12-16)17(9-10-18-2)14-6-7-14/h13-14H,3-12,16H2,1-2H3. The molecule has 0 aromatic heterocycles. The monoisotopic (exact) mass is 254 g/mol. The molecule has 0 saturated heterocycles. The molecule has 0 spiro atoms. The van der Waals surface area contributed by atoms with Gasteiger partial charge in [-0.15, -0.1) is 0 Å². The molecule has 3 heteroatoms. The Hall–Kier alpha value is -0.120. The first kappa shape index (κ1) is 14.3. The zero-order valence-electron chi connectivity index (χ0n) is 12.2. The Bertz CT molecular complexity index is 255. The predicted molar refractivity (Wildman–Crippen MR) is 75.6 cm³/mol. The topological polar surface area (TPSA) is 38.5 Å². The maximum atomic E-state index is 6.21. The van der Waals surface area contributed by atoms with Gasteiger partial charge in [-0.05, 0) is 31.6 Å². The lowest BCUT2D eigenvalue weighted by Gasteiger charge is -2.48. The quantitative estimate of drug-likeness (QED) is 0.758. The molecule has 2 unspecified atom stereocenters. The van der Waals surface area contributed by atoms with E-state index in [0.29, 0.717) is 0 Å². The molecule has 2 aliphatic carbocycles. The van der Waals surface area contributed by atoms with Crippen LogP contribution in [-0.2, 0) is 4.74 Å². The summed E-state index contributed by atoms with van der Waals surface area (Å²) < 4.78 is 5.30. The minimum absolute atomic E-state index is 0.276. The molecule has 3 nitrogen and oxygen atoms in total. The molecule has 0 radical (unpaired) electrons. The molecule has 0 aliphatic heterocycles. The van der Waals surface area contributed by atoms with Crippen LogP contribution in [0.1, 0.15) is 51.9 Å².